The van der Waals surface area contributed by atoms with Gasteiger partial charge in [-0.25, -0.2) is 9.37 Å². The maximum Gasteiger partial charge on any atom is 0.269 e. The first-order valence-corrected chi connectivity index (χ1v) is 8.27. The normalized spacial score (nSPS) is 15.6. The van der Waals surface area contributed by atoms with E-state index in [-0.39, 0.29) is 18.2 Å². The fourth-order valence-corrected chi connectivity index (χ4v) is 3.45. The Hall–Kier alpha value is -1.83. The summed E-state index contributed by atoms with van der Waals surface area (Å²) < 4.78 is 18.3. The van der Waals surface area contributed by atoms with Crippen molar-refractivity contribution in [2.75, 3.05) is 0 Å². The van der Waals surface area contributed by atoms with Crippen LogP contribution in [0.25, 0.3) is 10.8 Å². The zero-order valence-electron chi connectivity index (χ0n) is 12.7. The monoisotopic (exact) mass is 366 g/mol. The summed E-state index contributed by atoms with van der Waals surface area (Å²) in [5.74, 6) is 0.797. The van der Waals surface area contributed by atoms with Gasteiger partial charge in [0.15, 0.2) is 5.82 Å². The molecule has 5 nitrogen and oxygen atoms in total. The number of nitrogens with zero attached hydrogens (tertiary/aromatic N) is 3. The summed E-state index contributed by atoms with van der Waals surface area (Å²) in [4.78, 5) is 9.63. The average molecular weight is 367 g/mol. The van der Waals surface area contributed by atoms with E-state index in [1.165, 1.54) is 23.5 Å². The average Bonchev–Trinajstić information content (AvgIpc) is 3.16. The fourth-order valence-electron chi connectivity index (χ4n) is 2.57. The molecule has 0 saturated heterocycles. The Morgan fingerprint density at radius 2 is 2.00 bits per heavy atom. The van der Waals surface area contributed by atoms with Gasteiger partial charge in [-0.15, -0.1) is 23.7 Å². The minimum absolute atomic E-state index is 0. The van der Waals surface area contributed by atoms with Crippen molar-refractivity contribution >= 4 is 23.7 Å². The number of rotatable bonds is 4. The van der Waals surface area contributed by atoms with Crippen molar-refractivity contribution in [2.24, 2.45) is 5.73 Å². The lowest BCUT2D eigenvalue weighted by Crippen LogP contribution is -2.44. The molecule has 2 heterocycles. The predicted octanol–water partition coefficient (Wildman–Crippen LogP) is 3.68. The number of aromatic nitrogens is 3. The van der Waals surface area contributed by atoms with Crippen LogP contribution >= 0.6 is 23.7 Å². The maximum absolute atomic E-state index is 12.9. The molecule has 1 fully saturated rings. The fraction of sp³-hybridized carbons (Fsp3) is 0.312. The van der Waals surface area contributed by atoms with Crippen LogP contribution in [0.3, 0.4) is 0 Å². The smallest absolute Gasteiger partial charge is 0.269 e. The SMILES string of the molecule is Cl.NC1(c2noc(-c3cnc(Cc4ccc(F)cc4)s3)n2)CCC1. The quantitative estimate of drug-likeness (QED) is 0.762. The van der Waals surface area contributed by atoms with Crippen molar-refractivity contribution in [2.45, 2.75) is 31.2 Å². The van der Waals surface area contributed by atoms with E-state index in [0.29, 0.717) is 18.1 Å². The van der Waals surface area contributed by atoms with Crippen LogP contribution in [0.4, 0.5) is 4.39 Å². The lowest BCUT2D eigenvalue weighted by molar-refractivity contribution is 0.229. The summed E-state index contributed by atoms with van der Waals surface area (Å²) in [6.45, 7) is 0. The molecule has 4 rings (SSSR count). The van der Waals surface area contributed by atoms with Crippen LogP contribution in [0.15, 0.2) is 35.0 Å². The number of benzene rings is 1. The highest BCUT2D eigenvalue weighted by Gasteiger charge is 2.39. The van der Waals surface area contributed by atoms with Gasteiger partial charge in [-0.3, -0.25) is 0 Å². The molecule has 8 heteroatoms. The molecule has 0 unspecified atom stereocenters. The van der Waals surface area contributed by atoms with E-state index in [1.807, 2.05) is 0 Å². The molecule has 126 valence electrons. The second kappa shape index (κ2) is 6.58. The molecule has 2 aromatic heterocycles. The summed E-state index contributed by atoms with van der Waals surface area (Å²) in [6, 6.07) is 6.42. The van der Waals surface area contributed by atoms with Gasteiger partial charge in [0.2, 0.25) is 0 Å². The van der Waals surface area contributed by atoms with Gasteiger partial charge < -0.3 is 10.3 Å². The Balaban J connectivity index is 0.00000169. The van der Waals surface area contributed by atoms with Gasteiger partial charge in [-0.1, -0.05) is 17.3 Å². The maximum atomic E-state index is 12.9. The van der Waals surface area contributed by atoms with Gasteiger partial charge >= 0.3 is 0 Å². The third kappa shape index (κ3) is 3.19. The van der Waals surface area contributed by atoms with Crippen LogP contribution in [-0.4, -0.2) is 15.1 Å². The van der Waals surface area contributed by atoms with Crippen LogP contribution in [-0.2, 0) is 12.0 Å². The molecule has 1 saturated carbocycles. The highest BCUT2D eigenvalue weighted by Crippen LogP contribution is 2.38. The first-order chi connectivity index (χ1) is 11.1. The molecule has 0 spiro atoms. The Bertz CT molecular complexity index is 829. The van der Waals surface area contributed by atoms with E-state index < -0.39 is 5.54 Å². The molecule has 24 heavy (non-hydrogen) atoms. The van der Waals surface area contributed by atoms with E-state index in [4.69, 9.17) is 10.3 Å². The topological polar surface area (TPSA) is 77.8 Å². The molecule has 0 amide bonds. The largest absolute Gasteiger partial charge is 0.333 e. The summed E-state index contributed by atoms with van der Waals surface area (Å²) in [5.41, 5.74) is 6.79. The second-order valence-corrected chi connectivity index (χ2v) is 6.97. The molecule has 1 aliphatic carbocycles. The number of hydrogen-bond donors (Lipinski definition) is 1. The van der Waals surface area contributed by atoms with E-state index >= 15 is 0 Å². The third-order valence-corrected chi connectivity index (χ3v) is 5.14. The molecule has 2 N–H and O–H groups in total. The number of thiazole rings is 1. The number of hydrogen-bond acceptors (Lipinski definition) is 6. The van der Waals surface area contributed by atoms with Gasteiger partial charge in [-0.2, -0.15) is 4.98 Å². The Morgan fingerprint density at radius 3 is 2.67 bits per heavy atom. The van der Waals surface area contributed by atoms with E-state index in [9.17, 15) is 4.39 Å². The molecule has 0 atom stereocenters. The van der Waals surface area contributed by atoms with Gasteiger partial charge in [-0.05, 0) is 37.0 Å². The first kappa shape index (κ1) is 17.0. The summed E-state index contributed by atoms with van der Waals surface area (Å²) in [6.07, 6.45) is 5.26. The lowest BCUT2D eigenvalue weighted by atomic mass is 9.77. The highest BCUT2D eigenvalue weighted by atomic mass is 35.5. The van der Waals surface area contributed by atoms with Crippen molar-refractivity contribution in [3.8, 4) is 10.8 Å². The van der Waals surface area contributed by atoms with Crippen LogP contribution in [0.2, 0.25) is 0 Å². The van der Waals surface area contributed by atoms with Crippen molar-refractivity contribution in [1.29, 1.82) is 0 Å². The molecule has 1 aromatic carbocycles. The molecular weight excluding hydrogens is 351 g/mol. The molecular formula is C16H16ClFN4OS. The molecule has 3 aromatic rings. The third-order valence-electron chi connectivity index (χ3n) is 4.15. The minimum Gasteiger partial charge on any atom is -0.333 e. The molecule has 0 aliphatic heterocycles. The molecule has 0 radical (unpaired) electrons. The van der Waals surface area contributed by atoms with E-state index in [2.05, 4.69) is 15.1 Å². The molecule has 1 aliphatic rings. The predicted molar refractivity (Wildman–Crippen MR) is 91.6 cm³/mol. The van der Waals surface area contributed by atoms with Crippen molar-refractivity contribution in [3.05, 3.63) is 52.7 Å². The van der Waals surface area contributed by atoms with E-state index in [0.717, 1.165) is 34.7 Å². The standard InChI is InChI=1S/C16H15FN4OS.ClH/c17-11-4-2-10(3-5-11)8-13-19-9-12(23-13)14-20-15(21-22-14)16(18)6-1-7-16;/h2-5,9H,1,6-8,18H2;1H. The van der Waals surface area contributed by atoms with Crippen molar-refractivity contribution < 1.29 is 8.91 Å². The second-order valence-electron chi connectivity index (χ2n) is 5.85. The first-order valence-electron chi connectivity index (χ1n) is 7.45. The van der Waals surface area contributed by atoms with E-state index in [1.54, 1.807) is 18.3 Å². The zero-order valence-corrected chi connectivity index (χ0v) is 14.4. The van der Waals surface area contributed by atoms with Gasteiger partial charge in [0.25, 0.3) is 5.89 Å². The van der Waals surface area contributed by atoms with Gasteiger partial charge in [0.05, 0.1) is 16.7 Å². The zero-order chi connectivity index (χ0) is 15.9. The number of nitrogens with two attached hydrogens (primary N) is 1. The Kier molecular flexibility index (Phi) is 4.67. The van der Waals surface area contributed by atoms with Crippen molar-refractivity contribution in [3.63, 3.8) is 0 Å². The van der Waals surface area contributed by atoms with Crippen LogP contribution in [0, 0.1) is 5.82 Å². The Morgan fingerprint density at radius 1 is 1.25 bits per heavy atom. The van der Waals surface area contributed by atoms with Gasteiger partial charge in [0, 0.05) is 6.42 Å². The highest BCUT2D eigenvalue weighted by molar-refractivity contribution is 7.15. The summed E-state index contributed by atoms with van der Waals surface area (Å²) in [5, 5.41) is 4.93. The summed E-state index contributed by atoms with van der Waals surface area (Å²) in [7, 11) is 0. The summed E-state index contributed by atoms with van der Waals surface area (Å²) >= 11 is 1.49. The molecule has 0 bridgehead atoms. The number of halogens is 2. The lowest BCUT2D eigenvalue weighted by Gasteiger charge is -2.34. The van der Waals surface area contributed by atoms with Gasteiger partial charge in [0.1, 0.15) is 10.7 Å². The van der Waals surface area contributed by atoms with Crippen LogP contribution in [0.5, 0.6) is 0 Å². The van der Waals surface area contributed by atoms with Crippen LogP contribution < -0.4 is 5.73 Å². The van der Waals surface area contributed by atoms with Crippen molar-refractivity contribution in [1.82, 2.24) is 15.1 Å². The minimum atomic E-state index is -0.427. The Labute approximate surface area is 148 Å². The van der Waals surface area contributed by atoms with Crippen LogP contribution in [0.1, 0.15) is 35.7 Å².